The Labute approximate surface area is 187 Å². The highest BCUT2D eigenvalue weighted by Gasteiger charge is 2.25. The number of fused-ring (bicyclic) bond motifs is 1. The highest BCUT2D eigenvalue weighted by Crippen LogP contribution is 2.30. The standard InChI is InChI=1S/C27H26N2O3/c1-4-19-10-8-9-18(3)24(19)28-27(31)26(30)25-23(17-21-11-6-7-16-29(21)25)20-12-14-22(15-13-20)32-5-2/h6-17H,4-5H2,1-3H3,(H,28,31). The fraction of sp³-hybridized carbons (Fsp3) is 0.185. The number of nitrogens with one attached hydrogen (secondary N) is 1. The molecular weight excluding hydrogens is 400 g/mol. The van der Waals surface area contributed by atoms with Gasteiger partial charge in [0.05, 0.1) is 6.61 Å². The van der Waals surface area contributed by atoms with Crippen molar-refractivity contribution in [3.63, 3.8) is 0 Å². The van der Waals surface area contributed by atoms with Gasteiger partial charge in [-0.3, -0.25) is 9.59 Å². The van der Waals surface area contributed by atoms with Crippen LogP contribution in [0.5, 0.6) is 5.75 Å². The van der Waals surface area contributed by atoms with E-state index in [0.29, 0.717) is 23.6 Å². The topological polar surface area (TPSA) is 59.8 Å². The third kappa shape index (κ3) is 4.02. The average molecular weight is 427 g/mol. The van der Waals surface area contributed by atoms with Gasteiger partial charge in [0.25, 0.3) is 11.7 Å². The molecule has 32 heavy (non-hydrogen) atoms. The number of nitrogens with zero attached hydrogens (tertiary/aromatic N) is 1. The summed E-state index contributed by atoms with van der Waals surface area (Å²) in [5, 5.41) is 2.87. The van der Waals surface area contributed by atoms with Crippen LogP contribution in [0.15, 0.2) is 72.9 Å². The van der Waals surface area contributed by atoms with Crippen molar-refractivity contribution >= 4 is 22.9 Å². The minimum absolute atomic E-state index is 0.342. The van der Waals surface area contributed by atoms with Gasteiger partial charge in [-0.05, 0) is 67.3 Å². The maximum atomic E-state index is 13.4. The molecule has 5 nitrogen and oxygen atoms in total. The van der Waals surface area contributed by atoms with Gasteiger partial charge >= 0.3 is 0 Å². The first kappa shape index (κ1) is 21.4. The highest BCUT2D eigenvalue weighted by molar-refractivity contribution is 6.47. The number of aryl methyl sites for hydroxylation is 2. The van der Waals surface area contributed by atoms with Crippen LogP contribution in [0, 0.1) is 6.92 Å². The van der Waals surface area contributed by atoms with Crippen molar-refractivity contribution in [2.45, 2.75) is 27.2 Å². The Hall–Kier alpha value is -3.86. The summed E-state index contributed by atoms with van der Waals surface area (Å²) in [6.45, 7) is 6.47. The van der Waals surface area contributed by atoms with E-state index in [0.717, 1.165) is 34.4 Å². The molecule has 5 heteroatoms. The second kappa shape index (κ2) is 9.10. The van der Waals surface area contributed by atoms with E-state index in [-0.39, 0.29) is 0 Å². The van der Waals surface area contributed by atoms with E-state index >= 15 is 0 Å². The Morgan fingerprint density at radius 1 is 0.969 bits per heavy atom. The summed E-state index contributed by atoms with van der Waals surface area (Å²) < 4.78 is 7.30. The molecule has 2 aromatic heterocycles. The zero-order valence-corrected chi connectivity index (χ0v) is 18.5. The molecule has 0 aliphatic carbocycles. The zero-order valence-electron chi connectivity index (χ0n) is 18.5. The smallest absolute Gasteiger partial charge is 0.298 e. The van der Waals surface area contributed by atoms with Gasteiger partial charge < -0.3 is 14.5 Å². The molecule has 0 aliphatic heterocycles. The number of benzene rings is 2. The van der Waals surface area contributed by atoms with E-state index in [4.69, 9.17) is 4.74 Å². The number of hydrogen-bond donors (Lipinski definition) is 1. The van der Waals surface area contributed by atoms with Crippen LogP contribution in [0.2, 0.25) is 0 Å². The Morgan fingerprint density at radius 2 is 1.75 bits per heavy atom. The number of ether oxygens (including phenoxy) is 1. The normalized spacial score (nSPS) is 10.8. The van der Waals surface area contributed by atoms with Gasteiger partial charge in [0.1, 0.15) is 11.4 Å². The van der Waals surface area contributed by atoms with Gasteiger partial charge in [-0.25, -0.2) is 0 Å². The van der Waals surface area contributed by atoms with Crippen molar-refractivity contribution in [2.75, 3.05) is 11.9 Å². The molecule has 0 aliphatic rings. The number of rotatable bonds is 7. The fourth-order valence-electron chi connectivity index (χ4n) is 3.95. The van der Waals surface area contributed by atoms with Crippen molar-refractivity contribution in [3.8, 4) is 16.9 Å². The lowest BCUT2D eigenvalue weighted by molar-refractivity contribution is -0.112. The Balaban J connectivity index is 1.75. The Bertz CT molecular complexity index is 1290. The van der Waals surface area contributed by atoms with E-state index in [9.17, 15) is 9.59 Å². The molecule has 0 fully saturated rings. The summed E-state index contributed by atoms with van der Waals surface area (Å²) in [5.41, 5.74) is 5.37. The summed E-state index contributed by atoms with van der Waals surface area (Å²) in [5.74, 6) is -0.465. The average Bonchev–Trinajstić information content (AvgIpc) is 3.20. The Morgan fingerprint density at radius 3 is 2.47 bits per heavy atom. The fourth-order valence-corrected chi connectivity index (χ4v) is 3.95. The molecule has 1 N–H and O–H groups in total. The summed E-state index contributed by atoms with van der Waals surface area (Å²) in [6, 6.07) is 21.0. The zero-order chi connectivity index (χ0) is 22.7. The van der Waals surface area contributed by atoms with Crippen LogP contribution in [0.1, 0.15) is 35.5 Å². The number of hydrogen-bond acceptors (Lipinski definition) is 3. The molecule has 162 valence electrons. The molecule has 4 rings (SSSR count). The number of para-hydroxylation sites is 1. The predicted octanol–water partition coefficient (Wildman–Crippen LogP) is 5.70. The highest BCUT2D eigenvalue weighted by atomic mass is 16.5. The maximum absolute atomic E-state index is 13.4. The summed E-state index contributed by atoms with van der Waals surface area (Å²) in [6.07, 6.45) is 2.57. The SMILES string of the molecule is CCOc1ccc(-c2cc3ccccn3c2C(=O)C(=O)Nc2c(C)cccc2CC)cc1. The summed E-state index contributed by atoms with van der Waals surface area (Å²) in [4.78, 5) is 26.5. The molecule has 0 unspecified atom stereocenters. The number of pyridine rings is 1. The van der Waals surface area contributed by atoms with Crippen LogP contribution in [-0.2, 0) is 11.2 Å². The number of anilines is 1. The summed E-state index contributed by atoms with van der Waals surface area (Å²) in [7, 11) is 0. The second-order valence-electron chi connectivity index (χ2n) is 7.61. The van der Waals surface area contributed by atoms with Crippen LogP contribution in [0.3, 0.4) is 0 Å². The molecule has 0 radical (unpaired) electrons. The van der Waals surface area contributed by atoms with Crippen molar-refractivity contribution in [1.82, 2.24) is 4.40 Å². The number of amides is 1. The molecule has 2 aromatic carbocycles. The van der Waals surface area contributed by atoms with Gasteiger partial charge in [-0.2, -0.15) is 0 Å². The molecule has 0 saturated carbocycles. The first-order chi connectivity index (χ1) is 15.5. The molecule has 4 aromatic rings. The number of carbonyl (C=O) groups excluding carboxylic acids is 2. The van der Waals surface area contributed by atoms with E-state index in [1.165, 1.54) is 0 Å². The number of Topliss-reactive ketones (excluding diaryl/α,β-unsaturated/α-hetero) is 1. The van der Waals surface area contributed by atoms with Gasteiger partial charge in [0.2, 0.25) is 0 Å². The predicted molar refractivity (Wildman–Crippen MR) is 128 cm³/mol. The maximum Gasteiger partial charge on any atom is 0.298 e. The van der Waals surface area contributed by atoms with Gasteiger partial charge in [-0.1, -0.05) is 43.3 Å². The lowest BCUT2D eigenvalue weighted by Gasteiger charge is -2.13. The number of ketones is 1. The lowest BCUT2D eigenvalue weighted by atomic mass is 10.0. The van der Waals surface area contributed by atoms with Crippen molar-refractivity contribution < 1.29 is 14.3 Å². The van der Waals surface area contributed by atoms with Gasteiger partial charge in [0, 0.05) is 23.0 Å². The van der Waals surface area contributed by atoms with Crippen LogP contribution >= 0.6 is 0 Å². The Kier molecular flexibility index (Phi) is 6.08. The van der Waals surface area contributed by atoms with Crippen molar-refractivity contribution in [2.24, 2.45) is 0 Å². The number of carbonyl (C=O) groups is 2. The van der Waals surface area contributed by atoms with E-state index in [1.54, 1.807) is 10.6 Å². The van der Waals surface area contributed by atoms with Crippen molar-refractivity contribution in [1.29, 1.82) is 0 Å². The molecule has 0 atom stereocenters. The van der Waals surface area contributed by atoms with E-state index in [2.05, 4.69) is 5.32 Å². The minimum atomic E-state index is -0.648. The van der Waals surface area contributed by atoms with Crippen LogP contribution in [0.25, 0.3) is 16.6 Å². The molecular formula is C27H26N2O3. The third-order valence-electron chi connectivity index (χ3n) is 5.56. The number of aromatic nitrogens is 1. The molecule has 0 spiro atoms. The molecule has 0 saturated heterocycles. The monoisotopic (exact) mass is 426 g/mol. The minimum Gasteiger partial charge on any atom is -0.494 e. The van der Waals surface area contributed by atoms with Gasteiger partial charge in [-0.15, -0.1) is 0 Å². The summed E-state index contributed by atoms with van der Waals surface area (Å²) >= 11 is 0. The molecule has 2 heterocycles. The van der Waals surface area contributed by atoms with E-state index < -0.39 is 11.7 Å². The quantitative estimate of drug-likeness (QED) is 0.305. The molecule has 0 bridgehead atoms. The molecule has 1 amide bonds. The van der Waals surface area contributed by atoms with Crippen LogP contribution < -0.4 is 10.1 Å². The second-order valence-corrected chi connectivity index (χ2v) is 7.61. The van der Waals surface area contributed by atoms with Crippen LogP contribution in [-0.4, -0.2) is 22.7 Å². The van der Waals surface area contributed by atoms with Gasteiger partial charge in [0.15, 0.2) is 0 Å². The van der Waals surface area contributed by atoms with Crippen molar-refractivity contribution in [3.05, 3.63) is 89.7 Å². The first-order valence-electron chi connectivity index (χ1n) is 10.8. The third-order valence-corrected chi connectivity index (χ3v) is 5.56. The van der Waals surface area contributed by atoms with E-state index in [1.807, 2.05) is 87.5 Å². The largest absolute Gasteiger partial charge is 0.494 e. The van der Waals surface area contributed by atoms with Crippen LogP contribution in [0.4, 0.5) is 5.69 Å². The first-order valence-corrected chi connectivity index (χ1v) is 10.8. The lowest BCUT2D eigenvalue weighted by Crippen LogP contribution is -2.25.